The van der Waals surface area contributed by atoms with E-state index in [9.17, 15) is 29.2 Å². The average molecular weight is 362 g/mol. The van der Waals surface area contributed by atoms with Gasteiger partial charge in [-0.2, -0.15) is 0 Å². The van der Waals surface area contributed by atoms with Crippen molar-refractivity contribution in [1.82, 2.24) is 5.32 Å². The Morgan fingerprint density at radius 3 is 2.58 bits per heavy atom. The Morgan fingerprint density at radius 1 is 1.31 bits per heavy atom. The molecule has 0 bridgehead atoms. The van der Waals surface area contributed by atoms with Crippen molar-refractivity contribution in [1.29, 1.82) is 0 Å². The molecular formula is C17H15FN2O6. The molecule has 0 unspecified atom stereocenters. The highest BCUT2D eigenvalue weighted by Gasteiger charge is 2.25. The number of carboxylic acids is 1. The minimum absolute atomic E-state index is 0.225. The van der Waals surface area contributed by atoms with E-state index in [1.165, 1.54) is 43.5 Å². The van der Waals surface area contributed by atoms with Crippen LogP contribution in [0.1, 0.15) is 15.9 Å². The second-order valence-corrected chi connectivity index (χ2v) is 5.30. The van der Waals surface area contributed by atoms with Crippen molar-refractivity contribution in [2.45, 2.75) is 12.5 Å². The molecule has 0 aromatic heterocycles. The molecule has 2 aromatic carbocycles. The molecule has 0 aliphatic carbocycles. The van der Waals surface area contributed by atoms with Crippen LogP contribution < -0.4 is 10.1 Å². The normalized spacial score (nSPS) is 11.5. The predicted octanol–water partition coefficient (Wildman–Crippen LogP) is 2.17. The van der Waals surface area contributed by atoms with Crippen molar-refractivity contribution in [3.05, 3.63) is 69.5 Å². The molecule has 0 saturated heterocycles. The van der Waals surface area contributed by atoms with E-state index in [1.54, 1.807) is 0 Å². The molecule has 9 heteroatoms. The topological polar surface area (TPSA) is 119 Å². The Hall–Kier alpha value is -3.49. The van der Waals surface area contributed by atoms with Gasteiger partial charge in [0.1, 0.15) is 17.6 Å². The van der Waals surface area contributed by atoms with Crippen LogP contribution in [0.25, 0.3) is 0 Å². The highest BCUT2D eigenvalue weighted by molar-refractivity contribution is 5.96. The number of nitro benzene ring substituents is 1. The lowest BCUT2D eigenvalue weighted by Gasteiger charge is -2.16. The fourth-order valence-electron chi connectivity index (χ4n) is 2.34. The highest BCUT2D eigenvalue weighted by Crippen LogP contribution is 2.25. The first kappa shape index (κ1) is 18.8. The summed E-state index contributed by atoms with van der Waals surface area (Å²) in [5, 5.41) is 22.5. The summed E-state index contributed by atoms with van der Waals surface area (Å²) in [6.45, 7) is 0. The van der Waals surface area contributed by atoms with Crippen molar-refractivity contribution in [2.24, 2.45) is 0 Å². The molecule has 2 N–H and O–H groups in total. The van der Waals surface area contributed by atoms with Crippen LogP contribution in [0.5, 0.6) is 5.75 Å². The molecule has 0 aliphatic rings. The van der Waals surface area contributed by atoms with E-state index in [0.717, 1.165) is 6.07 Å². The Labute approximate surface area is 147 Å². The number of hydrogen-bond acceptors (Lipinski definition) is 5. The monoisotopic (exact) mass is 362 g/mol. The number of ether oxygens (including phenoxy) is 1. The summed E-state index contributed by atoms with van der Waals surface area (Å²) in [5.41, 5.74) is -0.321. The number of carbonyl (C=O) groups is 2. The maximum Gasteiger partial charge on any atom is 0.326 e. The van der Waals surface area contributed by atoms with Crippen LogP contribution in [0.3, 0.4) is 0 Å². The van der Waals surface area contributed by atoms with Gasteiger partial charge in [0, 0.05) is 24.1 Å². The summed E-state index contributed by atoms with van der Waals surface area (Å²) in [6.07, 6.45) is -0.277. The smallest absolute Gasteiger partial charge is 0.326 e. The number of amides is 1. The van der Waals surface area contributed by atoms with Gasteiger partial charge < -0.3 is 15.2 Å². The second-order valence-electron chi connectivity index (χ2n) is 5.30. The number of carbonyl (C=O) groups excluding carboxylic acids is 1. The van der Waals surface area contributed by atoms with Crippen molar-refractivity contribution >= 4 is 17.6 Å². The molecule has 0 radical (unpaired) electrons. The summed E-state index contributed by atoms with van der Waals surface area (Å²) in [5.74, 6) is -2.83. The Kier molecular flexibility index (Phi) is 5.84. The molecular weight excluding hydrogens is 347 g/mol. The summed E-state index contributed by atoms with van der Waals surface area (Å²) in [7, 11) is 1.33. The van der Waals surface area contributed by atoms with Crippen molar-refractivity contribution < 1.29 is 28.7 Å². The molecule has 0 heterocycles. The van der Waals surface area contributed by atoms with E-state index in [1.807, 2.05) is 0 Å². The van der Waals surface area contributed by atoms with Gasteiger partial charge in [0.2, 0.25) is 0 Å². The largest absolute Gasteiger partial charge is 0.496 e. The first-order chi connectivity index (χ1) is 12.3. The average Bonchev–Trinajstić information content (AvgIpc) is 2.61. The summed E-state index contributed by atoms with van der Waals surface area (Å²) in [6, 6.07) is 7.43. The van der Waals surface area contributed by atoms with E-state index >= 15 is 0 Å². The Bertz CT molecular complexity index is 855. The van der Waals surface area contributed by atoms with Gasteiger partial charge >= 0.3 is 5.97 Å². The van der Waals surface area contributed by atoms with Gasteiger partial charge in [-0.05, 0) is 18.2 Å². The van der Waals surface area contributed by atoms with E-state index < -0.39 is 28.7 Å². The second kappa shape index (κ2) is 8.06. The highest BCUT2D eigenvalue weighted by atomic mass is 19.1. The number of hydrogen-bond donors (Lipinski definition) is 2. The predicted molar refractivity (Wildman–Crippen MR) is 88.6 cm³/mol. The number of methoxy groups -OCH3 is 1. The fourth-order valence-corrected chi connectivity index (χ4v) is 2.34. The zero-order valence-corrected chi connectivity index (χ0v) is 13.6. The maximum atomic E-state index is 13.7. The molecule has 8 nitrogen and oxygen atoms in total. The van der Waals surface area contributed by atoms with Gasteiger partial charge in [-0.1, -0.05) is 12.1 Å². The third-order valence-electron chi connectivity index (χ3n) is 3.62. The van der Waals surface area contributed by atoms with Crippen molar-refractivity contribution in [2.75, 3.05) is 7.11 Å². The van der Waals surface area contributed by atoms with Crippen LogP contribution in [0, 0.1) is 15.9 Å². The van der Waals surface area contributed by atoms with Gasteiger partial charge in [0.25, 0.3) is 11.6 Å². The van der Waals surface area contributed by atoms with Crippen molar-refractivity contribution in [3.8, 4) is 5.75 Å². The van der Waals surface area contributed by atoms with Crippen LogP contribution in [-0.4, -0.2) is 35.1 Å². The van der Waals surface area contributed by atoms with Crippen LogP contribution in [0.15, 0.2) is 42.5 Å². The zero-order chi connectivity index (χ0) is 19.3. The minimum atomic E-state index is -1.43. The van der Waals surface area contributed by atoms with Gasteiger partial charge in [-0.15, -0.1) is 0 Å². The summed E-state index contributed by atoms with van der Waals surface area (Å²) < 4.78 is 18.8. The molecule has 0 spiro atoms. The van der Waals surface area contributed by atoms with E-state index in [-0.39, 0.29) is 29.0 Å². The van der Waals surface area contributed by atoms with E-state index in [0.29, 0.717) is 0 Å². The molecule has 2 rings (SSSR count). The molecule has 26 heavy (non-hydrogen) atoms. The minimum Gasteiger partial charge on any atom is -0.496 e. The molecule has 0 fully saturated rings. The lowest BCUT2D eigenvalue weighted by molar-refractivity contribution is -0.384. The molecule has 1 amide bonds. The molecule has 0 aliphatic heterocycles. The maximum absolute atomic E-state index is 13.7. The first-order valence-electron chi connectivity index (χ1n) is 7.43. The number of aliphatic carboxylic acids is 1. The number of benzene rings is 2. The Morgan fingerprint density at radius 2 is 2.00 bits per heavy atom. The number of nitro groups is 1. The first-order valence-corrected chi connectivity index (χ1v) is 7.43. The Balaban J connectivity index is 2.27. The number of nitrogens with zero attached hydrogens (tertiary/aromatic N) is 1. The summed E-state index contributed by atoms with van der Waals surface area (Å²) in [4.78, 5) is 33.9. The zero-order valence-electron chi connectivity index (χ0n) is 13.6. The lowest BCUT2D eigenvalue weighted by Crippen LogP contribution is -2.42. The van der Waals surface area contributed by atoms with Crippen LogP contribution in [-0.2, 0) is 11.2 Å². The molecule has 136 valence electrons. The number of non-ortho nitro benzene ring substituents is 1. The van der Waals surface area contributed by atoms with Gasteiger partial charge in [-0.25, -0.2) is 9.18 Å². The fraction of sp³-hybridized carbons (Fsp3) is 0.176. The summed E-state index contributed by atoms with van der Waals surface area (Å²) >= 11 is 0. The number of rotatable bonds is 7. The number of nitrogens with one attached hydrogen (secondary N) is 1. The number of carboxylic acid groups (broad SMARTS) is 1. The molecule has 2 aromatic rings. The quantitative estimate of drug-likeness (QED) is 0.575. The number of halogens is 1. The van der Waals surface area contributed by atoms with Gasteiger partial charge in [0.15, 0.2) is 0 Å². The third-order valence-corrected chi connectivity index (χ3v) is 3.62. The lowest BCUT2D eigenvalue weighted by atomic mass is 10.0. The van der Waals surface area contributed by atoms with Crippen LogP contribution in [0.2, 0.25) is 0 Å². The van der Waals surface area contributed by atoms with Crippen molar-refractivity contribution in [3.63, 3.8) is 0 Å². The van der Waals surface area contributed by atoms with Crippen LogP contribution in [0.4, 0.5) is 10.1 Å². The standard InChI is InChI=1S/C17H15FN2O6/c1-26-15-7-6-11(20(24)25)8-10(15)9-14(17(22)23)19-16(21)12-4-2-3-5-13(12)18/h2-8,14H,9H2,1H3,(H,19,21)(H,22,23)/t14-/m1/s1. The molecule has 1 atom stereocenters. The van der Waals surface area contributed by atoms with Gasteiger partial charge in [-0.3, -0.25) is 14.9 Å². The van der Waals surface area contributed by atoms with E-state index in [2.05, 4.69) is 5.32 Å². The SMILES string of the molecule is COc1ccc([N+](=O)[O-])cc1C[C@@H](NC(=O)c1ccccc1F)C(=O)O. The van der Waals surface area contributed by atoms with Gasteiger partial charge in [0.05, 0.1) is 17.6 Å². The van der Waals surface area contributed by atoms with E-state index in [4.69, 9.17) is 4.74 Å². The van der Waals surface area contributed by atoms with Crippen LogP contribution >= 0.6 is 0 Å². The molecule has 0 saturated carbocycles. The third kappa shape index (κ3) is 4.32.